The summed E-state index contributed by atoms with van der Waals surface area (Å²) < 4.78 is 0. The third kappa shape index (κ3) is 4.36. The molecule has 1 amide bonds. The Balaban J connectivity index is 1.49. The van der Waals surface area contributed by atoms with Crippen LogP contribution in [0.25, 0.3) is 0 Å². The van der Waals surface area contributed by atoms with Gasteiger partial charge in [0.2, 0.25) is 11.1 Å². The molecular weight excluding hydrogens is 342 g/mol. The van der Waals surface area contributed by atoms with E-state index in [9.17, 15) is 10.1 Å². The number of thioether (sulfide) groups is 1. The van der Waals surface area contributed by atoms with E-state index in [-0.39, 0.29) is 11.7 Å². The molecule has 1 aliphatic rings. The summed E-state index contributed by atoms with van der Waals surface area (Å²) in [6.45, 7) is 0. The quantitative estimate of drug-likeness (QED) is 0.772. The number of amides is 1. The second-order valence-corrected chi connectivity index (χ2v) is 7.89. The topological polar surface area (TPSA) is 94.5 Å². The number of nitrogens with one attached hydrogen (secondary N) is 2. The van der Waals surface area contributed by atoms with Gasteiger partial charge < -0.3 is 5.32 Å². The molecule has 2 N–H and O–H groups in total. The summed E-state index contributed by atoms with van der Waals surface area (Å²) in [4.78, 5) is 17.8. The van der Waals surface area contributed by atoms with Crippen molar-refractivity contribution < 1.29 is 4.79 Å². The van der Waals surface area contributed by atoms with E-state index < -0.39 is 5.54 Å². The van der Waals surface area contributed by atoms with Gasteiger partial charge in [-0.1, -0.05) is 37.1 Å². The molecule has 1 saturated carbocycles. The van der Waals surface area contributed by atoms with E-state index in [1.165, 1.54) is 16.6 Å². The minimum absolute atomic E-state index is 0.131. The van der Waals surface area contributed by atoms with Gasteiger partial charge in [-0.2, -0.15) is 5.26 Å². The smallest absolute Gasteiger partial charge is 0.231 e. The van der Waals surface area contributed by atoms with Gasteiger partial charge in [-0.25, -0.2) is 4.98 Å². The fourth-order valence-corrected chi connectivity index (χ4v) is 4.18. The largest absolute Gasteiger partial charge is 0.337 e. The van der Waals surface area contributed by atoms with Gasteiger partial charge in [0.1, 0.15) is 11.4 Å². The summed E-state index contributed by atoms with van der Waals surface area (Å²) in [5.41, 5.74) is -0.681. The SMILES string of the molecule is N#CC1(NC(=O)CSc2n[nH]c(Cc3cccs3)n2)CCCCC1. The zero-order valence-electron chi connectivity index (χ0n) is 13.2. The van der Waals surface area contributed by atoms with E-state index in [2.05, 4.69) is 32.6 Å². The number of H-pyrrole nitrogens is 1. The van der Waals surface area contributed by atoms with E-state index in [1.54, 1.807) is 11.3 Å². The van der Waals surface area contributed by atoms with Gasteiger partial charge in [0.25, 0.3) is 0 Å². The lowest BCUT2D eigenvalue weighted by Gasteiger charge is -2.31. The number of carbonyl (C=O) groups excluding carboxylic acids is 1. The molecule has 0 aliphatic heterocycles. The fourth-order valence-electron chi connectivity index (χ4n) is 2.85. The first-order valence-electron chi connectivity index (χ1n) is 7.98. The predicted octanol–water partition coefficient (Wildman–Crippen LogP) is 2.89. The third-order valence-electron chi connectivity index (χ3n) is 4.07. The monoisotopic (exact) mass is 361 g/mol. The first-order valence-corrected chi connectivity index (χ1v) is 9.84. The van der Waals surface area contributed by atoms with E-state index >= 15 is 0 Å². The number of aromatic nitrogens is 3. The highest BCUT2D eigenvalue weighted by atomic mass is 32.2. The number of carbonyl (C=O) groups is 1. The van der Waals surface area contributed by atoms with E-state index in [0.717, 1.165) is 44.3 Å². The van der Waals surface area contributed by atoms with Crippen LogP contribution in [0.5, 0.6) is 0 Å². The van der Waals surface area contributed by atoms with Gasteiger partial charge in [-0.15, -0.1) is 16.4 Å². The summed E-state index contributed by atoms with van der Waals surface area (Å²) in [6, 6.07) is 6.36. The predicted molar refractivity (Wildman–Crippen MR) is 93.8 cm³/mol. The highest BCUT2D eigenvalue weighted by Gasteiger charge is 2.33. The fraction of sp³-hybridized carbons (Fsp3) is 0.500. The lowest BCUT2D eigenvalue weighted by Crippen LogP contribution is -2.49. The first kappa shape index (κ1) is 17.0. The third-order valence-corrected chi connectivity index (χ3v) is 5.79. The summed E-state index contributed by atoms with van der Waals surface area (Å²) in [6.07, 6.45) is 5.33. The highest BCUT2D eigenvalue weighted by Crippen LogP contribution is 2.27. The summed E-state index contributed by atoms with van der Waals surface area (Å²) in [5, 5.41) is 22.0. The number of rotatable bonds is 6. The summed E-state index contributed by atoms with van der Waals surface area (Å²) >= 11 is 2.97. The van der Waals surface area contributed by atoms with Crippen molar-refractivity contribution in [3.8, 4) is 6.07 Å². The molecule has 24 heavy (non-hydrogen) atoms. The van der Waals surface area contributed by atoms with Crippen LogP contribution in [0.15, 0.2) is 22.7 Å². The Morgan fingerprint density at radius 3 is 3.00 bits per heavy atom. The average Bonchev–Trinajstić information content (AvgIpc) is 3.26. The molecule has 8 heteroatoms. The van der Waals surface area contributed by atoms with Crippen molar-refractivity contribution in [1.29, 1.82) is 5.26 Å². The number of nitriles is 1. The highest BCUT2D eigenvalue weighted by molar-refractivity contribution is 7.99. The number of thiophene rings is 1. The van der Waals surface area contributed by atoms with Crippen LogP contribution in [0.1, 0.15) is 42.8 Å². The van der Waals surface area contributed by atoms with Crippen molar-refractivity contribution in [3.05, 3.63) is 28.2 Å². The number of nitrogens with zero attached hydrogens (tertiary/aromatic N) is 3. The molecule has 1 aliphatic carbocycles. The van der Waals surface area contributed by atoms with Gasteiger partial charge in [0, 0.05) is 11.3 Å². The molecule has 126 valence electrons. The van der Waals surface area contributed by atoms with Gasteiger partial charge in [0.15, 0.2) is 0 Å². The Kier molecular flexibility index (Phi) is 5.53. The summed E-state index contributed by atoms with van der Waals surface area (Å²) in [7, 11) is 0. The molecular formula is C16H19N5OS2. The van der Waals surface area contributed by atoms with Crippen LogP contribution >= 0.6 is 23.1 Å². The molecule has 0 unspecified atom stereocenters. The molecule has 0 atom stereocenters. The molecule has 0 spiro atoms. The first-order chi connectivity index (χ1) is 11.7. The number of hydrogen-bond donors (Lipinski definition) is 2. The van der Waals surface area contributed by atoms with Gasteiger partial charge in [-0.3, -0.25) is 9.89 Å². The maximum atomic E-state index is 12.2. The van der Waals surface area contributed by atoms with Gasteiger partial charge in [0.05, 0.1) is 11.8 Å². The lowest BCUT2D eigenvalue weighted by molar-refractivity contribution is -0.120. The van der Waals surface area contributed by atoms with E-state index in [4.69, 9.17) is 0 Å². The Morgan fingerprint density at radius 1 is 1.46 bits per heavy atom. The van der Waals surface area contributed by atoms with Crippen molar-refractivity contribution in [2.24, 2.45) is 0 Å². The van der Waals surface area contributed by atoms with Crippen LogP contribution < -0.4 is 5.32 Å². The van der Waals surface area contributed by atoms with E-state index in [1.807, 2.05) is 11.4 Å². The number of aromatic amines is 1. The molecule has 3 rings (SSSR count). The maximum absolute atomic E-state index is 12.2. The second-order valence-electron chi connectivity index (χ2n) is 5.91. The van der Waals surface area contributed by atoms with E-state index in [0.29, 0.717) is 5.16 Å². The molecule has 2 heterocycles. The molecule has 1 fully saturated rings. The molecule has 2 aromatic rings. The van der Waals surface area contributed by atoms with Crippen LogP contribution in [0, 0.1) is 11.3 Å². The lowest BCUT2D eigenvalue weighted by atomic mass is 9.83. The molecule has 6 nitrogen and oxygen atoms in total. The van der Waals surface area contributed by atoms with Crippen LogP contribution in [0.2, 0.25) is 0 Å². The maximum Gasteiger partial charge on any atom is 0.231 e. The van der Waals surface area contributed by atoms with Gasteiger partial charge in [-0.05, 0) is 24.3 Å². The Bertz CT molecular complexity index is 713. The van der Waals surface area contributed by atoms with Crippen LogP contribution in [-0.4, -0.2) is 32.4 Å². The molecule has 0 radical (unpaired) electrons. The van der Waals surface area contributed by atoms with Crippen molar-refractivity contribution in [3.63, 3.8) is 0 Å². The zero-order valence-corrected chi connectivity index (χ0v) is 14.9. The Hall–Kier alpha value is -1.85. The van der Waals surface area contributed by atoms with Crippen molar-refractivity contribution >= 4 is 29.0 Å². The Labute approximate surface area is 149 Å². The van der Waals surface area contributed by atoms with Gasteiger partial charge >= 0.3 is 0 Å². The van der Waals surface area contributed by atoms with Crippen molar-refractivity contribution in [1.82, 2.24) is 20.5 Å². The minimum atomic E-state index is -0.681. The molecule has 0 aromatic carbocycles. The summed E-state index contributed by atoms with van der Waals surface area (Å²) in [5.74, 6) is 0.883. The van der Waals surface area contributed by atoms with Crippen LogP contribution in [0.3, 0.4) is 0 Å². The molecule has 2 aromatic heterocycles. The Morgan fingerprint density at radius 2 is 2.29 bits per heavy atom. The second kappa shape index (κ2) is 7.81. The normalized spacial score (nSPS) is 16.5. The zero-order chi connectivity index (χ0) is 16.8. The average molecular weight is 361 g/mol. The minimum Gasteiger partial charge on any atom is -0.337 e. The number of hydrogen-bond acceptors (Lipinski definition) is 6. The van der Waals surface area contributed by atoms with Crippen molar-refractivity contribution in [2.75, 3.05) is 5.75 Å². The van der Waals surface area contributed by atoms with Crippen LogP contribution in [-0.2, 0) is 11.2 Å². The van der Waals surface area contributed by atoms with Crippen LogP contribution in [0.4, 0.5) is 0 Å². The standard InChI is InChI=1S/C16H19N5OS2/c17-11-16(6-2-1-3-7-16)19-14(22)10-24-15-18-13(20-21-15)9-12-5-4-8-23-12/h4-5,8H,1-3,6-7,9-10H2,(H,19,22)(H,18,20,21). The van der Waals surface area contributed by atoms with Crippen molar-refractivity contribution in [2.45, 2.75) is 49.2 Å². The molecule has 0 bridgehead atoms. The molecule has 0 saturated heterocycles.